The molecule has 1 aromatic heterocycles. The summed E-state index contributed by atoms with van der Waals surface area (Å²) in [5.41, 5.74) is 7.00. The molecule has 134 valence electrons. The molecule has 0 spiro atoms. The van der Waals surface area contributed by atoms with E-state index in [-0.39, 0.29) is 29.8 Å². The number of benzene rings is 1. The fourth-order valence-corrected chi connectivity index (χ4v) is 2.98. The van der Waals surface area contributed by atoms with Gasteiger partial charge < -0.3 is 15.5 Å². The van der Waals surface area contributed by atoms with E-state index in [9.17, 15) is 4.39 Å². The second kappa shape index (κ2) is 9.27. The molecule has 1 fully saturated rings. The molecule has 0 saturated carbocycles. The van der Waals surface area contributed by atoms with Gasteiger partial charge in [-0.05, 0) is 23.8 Å². The Bertz CT molecular complexity index is 722. The molecule has 0 amide bonds. The van der Waals surface area contributed by atoms with Crippen LogP contribution < -0.4 is 10.6 Å². The summed E-state index contributed by atoms with van der Waals surface area (Å²) >= 11 is 3.34. The minimum Gasteiger partial charge on any atom is -0.370 e. The van der Waals surface area contributed by atoms with Crippen LogP contribution in [0.25, 0.3) is 0 Å². The van der Waals surface area contributed by atoms with E-state index in [1.807, 2.05) is 4.90 Å². The van der Waals surface area contributed by atoms with Crippen molar-refractivity contribution < 1.29 is 4.39 Å². The average molecular weight is 521 g/mol. The average Bonchev–Trinajstić information content (AvgIpc) is 2.62. The molecule has 1 aliphatic rings. The molecule has 3 rings (SSSR count). The van der Waals surface area contributed by atoms with Crippen LogP contribution in [0.15, 0.2) is 46.1 Å². The van der Waals surface area contributed by atoms with Gasteiger partial charge in [0, 0.05) is 43.0 Å². The SMILES string of the molecule is I.NC(=NCc1ccc(F)cc1Br)N1CCN(c2ncccn2)CC1. The van der Waals surface area contributed by atoms with Gasteiger partial charge in [-0.15, -0.1) is 24.0 Å². The van der Waals surface area contributed by atoms with Crippen molar-refractivity contribution in [2.24, 2.45) is 10.7 Å². The van der Waals surface area contributed by atoms with Gasteiger partial charge in [0.2, 0.25) is 5.95 Å². The van der Waals surface area contributed by atoms with E-state index in [2.05, 4.69) is 35.8 Å². The summed E-state index contributed by atoms with van der Waals surface area (Å²) in [5, 5.41) is 0. The molecular weight excluding hydrogens is 502 g/mol. The van der Waals surface area contributed by atoms with Gasteiger partial charge in [0.25, 0.3) is 0 Å². The third-order valence-electron chi connectivity index (χ3n) is 3.87. The van der Waals surface area contributed by atoms with Gasteiger partial charge in [-0.25, -0.2) is 19.4 Å². The summed E-state index contributed by atoms with van der Waals surface area (Å²) in [6.45, 7) is 3.52. The normalized spacial score (nSPS) is 15.0. The third-order valence-corrected chi connectivity index (χ3v) is 4.60. The number of aliphatic imine (C=N–C) groups is 1. The molecule has 0 unspecified atom stereocenters. The van der Waals surface area contributed by atoms with Crippen LogP contribution in [-0.4, -0.2) is 47.0 Å². The number of halogens is 3. The summed E-state index contributed by atoms with van der Waals surface area (Å²) in [5.74, 6) is 0.963. The van der Waals surface area contributed by atoms with Gasteiger partial charge in [0.15, 0.2) is 5.96 Å². The summed E-state index contributed by atoms with van der Waals surface area (Å²) in [7, 11) is 0. The number of nitrogens with two attached hydrogens (primary N) is 1. The molecular formula is C16H19BrFIN6. The zero-order chi connectivity index (χ0) is 16.9. The lowest BCUT2D eigenvalue weighted by atomic mass is 10.2. The highest BCUT2D eigenvalue weighted by atomic mass is 127. The second-order valence-corrected chi connectivity index (χ2v) is 6.29. The van der Waals surface area contributed by atoms with Crippen LogP contribution in [0.5, 0.6) is 0 Å². The summed E-state index contributed by atoms with van der Waals surface area (Å²) in [6, 6.07) is 6.36. The lowest BCUT2D eigenvalue weighted by Crippen LogP contribution is -2.51. The van der Waals surface area contributed by atoms with E-state index < -0.39 is 0 Å². The fraction of sp³-hybridized carbons (Fsp3) is 0.312. The van der Waals surface area contributed by atoms with Crippen LogP contribution in [0.2, 0.25) is 0 Å². The number of hydrogen-bond acceptors (Lipinski definition) is 4. The third kappa shape index (κ3) is 5.24. The summed E-state index contributed by atoms with van der Waals surface area (Å²) in [4.78, 5) is 17.1. The van der Waals surface area contributed by atoms with Crippen molar-refractivity contribution in [2.75, 3.05) is 31.1 Å². The van der Waals surface area contributed by atoms with E-state index in [4.69, 9.17) is 5.73 Å². The van der Waals surface area contributed by atoms with Crippen molar-refractivity contribution in [1.29, 1.82) is 0 Å². The van der Waals surface area contributed by atoms with Gasteiger partial charge in [-0.1, -0.05) is 22.0 Å². The van der Waals surface area contributed by atoms with Crippen molar-refractivity contribution >= 4 is 51.8 Å². The lowest BCUT2D eigenvalue weighted by Gasteiger charge is -2.35. The Labute approximate surface area is 171 Å². The highest BCUT2D eigenvalue weighted by Gasteiger charge is 2.19. The van der Waals surface area contributed by atoms with E-state index in [0.29, 0.717) is 17.0 Å². The van der Waals surface area contributed by atoms with Crippen LogP contribution in [0.1, 0.15) is 5.56 Å². The Morgan fingerprint density at radius 1 is 1.20 bits per heavy atom. The topological polar surface area (TPSA) is 70.6 Å². The molecule has 6 nitrogen and oxygen atoms in total. The zero-order valence-corrected chi connectivity index (χ0v) is 17.4. The summed E-state index contributed by atoms with van der Waals surface area (Å²) < 4.78 is 13.8. The fourth-order valence-electron chi connectivity index (χ4n) is 2.51. The van der Waals surface area contributed by atoms with Crippen LogP contribution in [-0.2, 0) is 6.54 Å². The predicted octanol–water partition coefficient (Wildman–Crippen LogP) is 2.63. The molecule has 0 radical (unpaired) electrons. The minimum atomic E-state index is -0.276. The van der Waals surface area contributed by atoms with E-state index >= 15 is 0 Å². The maximum Gasteiger partial charge on any atom is 0.225 e. The Hall–Kier alpha value is -1.49. The van der Waals surface area contributed by atoms with Crippen molar-refractivity contribution in [3.05, 3.63) is 52.5 Å². The molecule has 2 N–H and O–H groups in total. The van der Waals surface area contributed by atoms with Gasteiger partial charge in [-0.3, -0.25) is 0 Å². The van der Waals surface area contributed by atoms with Crippen molar-refractivity contribution in [2.45, 2.75) is 6.54 Å². The first-order chi connectivity index (χ1) is 11.6. The number of nitrogens with zero attached hydrogens (tertiary/aromatic N) is 5. The highest BCUT2D eigenvalue weighted by Crippen LogP contribution is 2.19. The first kappa shape index (κ1) is 19.8. The number of rotatable bonds is 3. The Morgan fingerprint density at radius 2 is 1.88 bits per heavy atom. The molecule has 0 bridgehead atoms. The van der Waals surface area contributed by atoms with Crippen molar-refractivity contribution in [1.82, 2.24) is 14.9 Å². The largest absolute Gasteiger partial charge is 0.370 e. The maximum absolute atomic E-state index is 13.1. The zero-order valence-electron chi connectivity index (χ0n) is 13.5. The minimum absolute atomic E-state index is 0. The maximum atomic E-state index is 13.1. The molecule has 1 aliphatic heterocycles. The first-order valence-corrected chi connectivity index (χ1v) is 8.43. The highest BCUT2D eigenvalue weighted by molar-refractivity contribution is 14.0. The number of aromatic nitrogens is 2. The van der Waals surface area contributed by atoms with Crippen LogP contribution in [0, 0.1) is 5.82 Å². The molecule has 1 saturated heterocycles. The molecule has 9 heteroatoms. The number of piperazine rings is 1. The standard InChI is InChI=1S/C16H18BrFN6.HI/c17-14-10-13(18)3-2-12(14)11-22-15(19)23-6-8-24(9-7-23)16-20-4-1-5-21-16;/h1-5,10H,6-9,11H2,(H2,19,22);1H. The van der Waals surface area contributed by atoms with Gasteiger partial charge in [-0.2, -0.15) is 0 Å². The first-order valence-electron chi connectivity index (χ1n) is 7.64. The quantitative estimate of drug-likeness (QED) is 0.383. The predicted molar refractivity (Wildman–Crippen MR) is 111 cm³/mol. The smallest absolute Gasteiger partial charge is 0.225 e. The number of anilines is 1. The molecule has 25 heavy (non-hydrogen) atoms. The van der Waals surface area contributed by atoms with E-state index in [1.165, 1.54) is 12.1 Å². The van der Waals surface area contributed by atoms with Crippen LogP contribution >= 0.6 is 39.9 Å². The van der Waals surface area contributed by atoms with E-state index in [1.54, 1.807) is 24.5 Å². The van der Waals surface area contributed by atoms with Crippen molar-refractivity contribution in [3.8, 4) is 0 Å². The molecule has 1 aromatic carbocycles. The van der Waals surface area contributed by atoms with Crippen LogP contribution in [0.4, 0.5) is 10.3 Å². The Morgan fingerprint density at radius 3 is 2.52 bits per heavy atom. The number of hydrogen-bond donors (Lipinski definition) is 1. The second-order valence-electron chi connectivity index (χ2n) is 5.43. The van der Waals surface area contributed by atoms with Gasteiger partial charge in [0.05, 0.1) is 6.54 Å². The monoisotopic (exact) mass is 520 g/mol. The molecule has 0 atom stereocenters. The lowest BCUT2D eigenvalue weighted by molar-refractivity contribution is 0.378. The Balaban J connectivity index is 0.00000225. The van der Waals surface area contributed by atoms with Gasteiger partial charge in [0.1, 0.15) is 5.82 Å². The summed E-state index contributed by atoms with van der Waals surface area (Å²) in [6.07, 6.45) is 3.48. The van der Waals surface area contributed by atoms with Gasteiger partial charge >= 0.3 is 0 Å². The molecule has 0 aliphatic carbocycles. The van der Waals surface area contributed by atoms with Crippen molar-refractivity contribution in [3.63, 3.8) is 0 Å². The molecule has 2 heterocycles. The number of guanidine groups is 1. The molecule has 2 aromatic rings. The van der Waals surface area contributed by atoms with Crippen LogP contribution in [0.3, 0.4) is 0 Å². The Kier molecular flexibility index (Phi) is 7.36. The van der Waals surface area contributed by atoms with E-state index in [0.717, 1.165) is 37.7 Å².